The predicted molar refractivity (Wildman–Crippen MR) is 104 cm³/mol. The molecule has 2 heterocycles. The predicted octanol–water partition coefficient (Wildman–Crippen LogP) is 4.69. The molecule has 0 fully saturated rings. The number of thioether (sulfide) groups is 1. The van der Waals surface area contributed by atoms with Crippen LogP contribution in [-0.2, 0) is 5.75 Å². The standard InChI is InChI=1S/C19H16ClN3O2S/c20-15-10-14(11-16-18(15)25-9-8-24-16)12-26-19-21-17(22-23-19)7-6-13-4-2-1-3-5-13/h1-7,10-11H,8-9,12H2,(H,21,22,23)/b7-6+. The second-order valence-electron chi connectivity index (χ2n) is 5.64. The molecule has 0 radical (unpaired) electrons. The van der Waals surface area contributed by atoms with E-state index < -0.39 is 0 Å². The van der Waals surface area contributed by atoms with E-state index in [1.807, 2.05) is 54.6 Å². The molecule has 0 saturated heterocycles. The molecule has 26 heavy (non-hydrogen) atoms. The number of hydrogen-bond acceptors (Lipinski definition) is 5. The van der Waals surface area contributed by atoms with Crippen LogP contribution in [0.2, 0.25) is 5.02 Å². The first-order valence-corrected chi connectivity index (χ1v) is 9.50. The van der Waals surface area contributed by atoms with Crippen LogP contribution in [-0.4, -0.2) is 28.4 Å². The van der Waals surface area contributed by atoms with Crippen LogP contribution >= 0.6 is 23.4 Å². The molecule has 0 amide bonds. The van der Waals surface area contributed by atoms with E-state index in [0.717, 1.165) is 17.0 Å². The quantitative estimate of drug-likeness (QED) is 0.645. The van der Waals surface area contributed by atoms with Crippen LogP contribution in [0.15, 0.2) is 47.6 Å². The highest BCUT2D eigenvalue weighted by Crippen LogP contribution is 2.39. The van der Waals surface area contributed by atoms with Gasteiger partial charge in [0, 0.05) is 5.75 Å². The Hall–Kier alpha value is -2.44. The molecule has 0 atom stereocenters. The minimum atomic E-state index is 0.525. The first kappa shape index (κ1) is 17.0. The van der Waals surface area contributed by atoms with Crippen LogP contribution in [0, 0.1) is 0 Å². The summed E-state index contributed by atoms with van der Waals surface area (Å²) in [4.78, 5) is 4.47. The van der Waals surface area contributed by atoms with Crippen LogP contribution in [0.4, 0.5) is 0 Å². The summed E-state index contributed by atoms with van der Waals surface area (Å²) in [6, 6.07) is 13.9. The summed E-state index contributed by atoms with van der Waals surface area (Å²) in [6.45, 7) is 1.06. The summed E-state index contributed by atoms with van der Waals surface area (Å²) >= 11 is 7.80. The Bertz CT molecular complexity index is 928. The lowest BCUT2D eigenvalue weighted by atomic mass is 10.2. The van der Waals surface area contributed by atoms with Gasteiger partial charge in [-0.05, 0) is 29.3 Å². The van der Waals surface area contributed by atoms with E-state index in [0.29, 0.717) is 40.6 Å². The first-order chi connectivity index (χ1) is 12.8. The highest BCUT2D eigenvalue weighted by molar-refractivity contribution is 7.98. The molecule has 7 heteroatoms. The third kappa shape index (κ3) is 4.03. The fourth-order valence-corrected chi connectivity index (χ4v) is 3.56. The average Bonchev–Trinajstić information content (AvgIpc) is 3.14. The maximum atomic E-state index is 6.27. The van der Waals surface area contributed by atoms with E-state index in [1.165, 1.54) is 11.8 Å². The third-order valence-corrected chi connectivity index (χ3v) is 4.94. The molecule has 1 aromatic heterocycles. The van der Waals surface area contributed by atoms with Gasteiger partial charge in [-0.1, -0.05) is 59.8 Å². The number of halogens is 1. The van der Waals surface area contributed by atoms with Gasteiger partial charge in [-0.2, -0.15) is 0 Å². The Balaban J connectivity index is 1.40. The van der Waals surface area contributed by atoms with Gasteiger partial charge >= 0.3 is 0 Å². The van der Waals surface area contributed by atoms with Gasteiger partial charge in [-0.25, -0.2) is 4.98 Å². The normalized spacial score (nSPS) is 13.3. The van der Waals surface area contributed by atoms with Crippen molar-refractivity contribution in [1.29, 1.82) is 0 Å². The van der Waals surface area contributed by atoms with Crippen molar-refractivity contribution in [3.63, 3.8) is 0 Å². The number of nitrogens with one attached hydrogen (secondary N) is 1. The topological polar surface area (TPSA) is 60.0 Å². The molecule has 3 aromatic rings. The number of rotatable bonds is 5. The second-order valence-corrected chi connectivity index (χ2v) is 6.99. The Morgan fingerprint density at radius 3 is 2.85 bits per heavy atom. The van der Waals surface area contributed by atoms with E-state index in [1.54, 1.807) is 0 Å². The molecule has 132 valence electrons. The number of hydrogen-bond donors (Lipinski definition) is 1. The molecule has 0 unspecified atom stereocenters. The van der Waals surface area contributed by atoms with Crippen LogP contribution in [0.1, 0.15) is 17.0 Å². The highest BCUT2D eigenvalue weighted by Gasteiger charge is 2.17. The summed E-state index contributed by atoms with van der Waals surface area (Å²) in [6.07, 6.45) is 3.91. The highest BCUT2D eigenvalue weighted by atomic mass is 35.5. The van der Waals surface area contributed by atoms with E-state index >= 15 is 0 Å². The summed E-state index contributed by atoms with van der Waals surface area (Å²) in [7, 11) is 0. The van der Waals surface area contributed by atoms with Crippen molar-refractivity contribution >= 4 is 35.5 Å². The van der Waals surface area contributed by atoms with E-state index in [4.69, 9.17) is 21.1 Å². The average molecular weight is 386 g/mol. The molecule has 4 rings (SSSR count). The van der Waals surface area contributed by atoms with E-state index in [2.05, 4.69) is 15.2 Å². The largest absolute Gasteiger partial charge is 0.486 e. The van der Waals surface area contributed by atoms with Gasteiger partial charge in [0.05, 0.1) is 5.02 Å². The molecule has 1 N–H and O–H groups in total. The monoisotopic (exact) mass is 385 g/mol. The molecule has 1 aliphatic heterocycles. The number of fused-ring (bicyclic) bond motifs is 1. The minimum absolute atomic E-state index is 0.525. The third-order valence-electron chi connectivity index (χ3n) is 3.74. The van der Waals surface area contributed by atoms with E-state index in [9.17, 15) is 0 Å². The van der Waals surface area contributed by atoms with Crippen LogP contribution in [0.5, 0.6) is 11.5 Å². The zero-order valence-corrected chi connectivity index (χ0v) is 15.4. The molecular weight excluding hydrogens is 370 g/mol. The maximum Gasteiger partial charge on any atom is 0.209 e. The van der Waals surface area contributed by atoms with Gasteiger partial charge in [0.2, 0.25) is 5.16 Å². The van der Waals surface area contributed by atoms with Crippen molar-refractivity contribution in [2.45, 2.75) is 10.9 Å². The van der Waals surface area contributed by atoms with Gasteiger partial charge in [0.15, 0.2) is 11.5 Å². The first-order valence-electron chi connectivity index (χ1n) is 8.14. The SMILES string of the molecule is Clc1cc(CSc2n[nH]c(/C=C/c3ccccc3)n2)cc2c1OCCO2. The second kappa shape index (κ2) is 7.85. The van der Waals surface area contributed by atoms with E-state index in [-0.39, 0.29) is 0 Å². The summed E-state index contributed by atoms with van der Waals surface area (Å²) in [5.74, 6) is 2.73. The number of benzene rings is 2. The zero-order chi connectivity index (χ0) is 17.8. The Morgan fingerprint density at radius 1 is 1.12 bits per heavy atom. The molecule has 0 saturated carbocycles. The van der Waals surface area contributed by atoms with Crippen molar-refractivity contribution < 1.29 is 9.47 Å². The van der Waals surface area contributed by atoms with Crippen molar-refractivity contribution in [3.8, 4) is 11.5 Å². The Kier molecular flexibility index (Phi) is 5.13. The number of H-pyrrole nitrogens is 1. The fourth-order valence-electron chi connectivity index (χ4n) is 2.53. The molecule has 0 bridgehead atoms. The maximum absolute atomic E-state index is 6.27. The molecule has 2 aromatic carbocycles. The Labute approximate surface area is 160 Å². The van der Waals surface area contributed by atoms with Crippen LogP contribution in [0.3, 0.4) is 0 Å². The number of nitrogens with zero attached hydrogens (tertiary/aromatic N) is 2. The molecule has 0 aliphatic carbocycles. The van der Waals surface area contributed by atoms with Gasteiger partial charge in [-0.3, -0.25) is 5.10 Å². The molecular formula is C19H16ClN3O2S. The summed E-state index contributed by atoms with van der Waals surface area (Å²) in [5.41, 5.74) is 2.15. The Morgan fingerprint density at radius 2 is 1.96 bits per heavy atom. The lowest BCUT2D eigenvalue weighted by Crippen LogP contribution is -2.15. The number of ether oxygens (including phenoxy) is 2. The van der Waals surface area contributed by atoms with Crippen molar-refractivity contribution in [1.82, 2.24) is 15.2 Å². The fraction of sp³-hybridized carbons (Fsp3) is 0.158. The lowest BCUT2D eigenvalue weighted by molar-refractivity contribution is 0.171. The lowest BCUT2D eigenvalue weighted by Gasteiger charge is -2.20. The smallest absolute Gasteiger partial charge is 0.209 e. The minimum Gasteiger partial charge on any atom is -0.486 e. The van der Waals surface area contributed by atoms with Crippen molar-refractivity contribution in [2.75, 3.05) is 13.2 Å². The van der Waals surface area contributed by atoms with Crippen LogP contribution < -0.4 is 9.47 Å². The van der Waals surface area contributed by atoms with Crippen molar-refractivity contribution in [2.24, 2.45) is 0 Å². The molecule has 0 spiro atoms. The summed E-state index contributed by atoms with van der Waals surface area (Å²) < 4.78 is 11.1. The van der Waals surface area contributed by atoms with Crippen LogP contribution in [0.25, 0.3) is 12.2 Å². The van der Waals surface area contributed by atoms with Gasteiger partial charge < -0.3 is 9.47 Å². The van der Waals surface area contributed by atoms with Gasteiger partial charge in [0.1, 0.15) is 19.0 Å². The summed E-state index contributed by atoms with van der Waals surface area (Å²) in [5, 5.41) is 8.43. The van der Waals surface area contributed by atoms with Gasteiger partial charge in [-0.15, -0.1) is 5.10 Å². The molecule has 5 nitrogen and oxygen atoms in total. The van der Waals surface area contributed by atoms with Crippen molar-refractivity contribution in [3.05, 3.63) is 64.4 Å². The number of aromatic amines is 1. The number of aromatic nitrogens is 3. The molecule has 1 aliphatic rings. The van der Waals surface area contributed by atoms with Gasteiger partial charge in [0.25, 0.3) is 0 Å². The zero-order valence-electron chi connectivity index (χ0n) is 13.8.